The van der Waals surface area contributed by atoms with Crippen LogP contribution >= 0.6 is 0 Å². The average molecular weight is 274 g/mol. The lowest BCUT2D eigenvalue weighted by atomic mass is 10.0. The van der Waals surface area contributed by atoms with E-state index in [1.807, 2.05) is 0 Å². The number of nitrogens with one attached hydrogen (secondary N) is 2. The van der Waals surface area contributed by atoms with Crippen molar-refractivity contribution in [2.75, 3.05) is 25.4 Å². The average Bonchev–Trinajstić information content (AvgIpc) is 2.82. The van der Waals surface area contributed by atoms with Crippen LogP contribution in [0.3, 0.4) is 0 Å². The summed E-state index contributed by atoms with van der Waals surface area (Å²) in [6.07, 6.45) is 3.69. The Balaban J connectivity index is 1.73. The first-order chi connectivity index (χ1) is 8.66. The van der Waals surface area contributed by atoms with Crippen molar-refractivity contribution in [3.63, 3.8) is 0 Å². The first-order valence-corrected chi connectivity index (χ1v) is 7.74. The molecule has 2 heterocycles. The van der Waals surface area contributed by atoms with Crippen LogP contribution in [-0.2, 0) is 16.4 Å². The summed E-state index contributed by atoms with van der Waals surface area (Å²) in [5.41, 5.74) is 0. The van der Waals surface area contributed by atoms with Crippen molar-refractivity contribution >= 4 is 10.0 Å². The molecule has 1 aromatic rings. The summed E-state index contributed by atoms with van der Waals surface area (Å²) in [4.78, 5) is 3.83. The van der Waals surface area contributed by atoms with Gasteiger partial charge in [-0.2, -0.15) is 4.98 Å². The molecule has 1 unspecified atom stereocenters. The lowest BCUT2D eigenvalue weighted by Gasteiger charge is -2.22. The van der Waals surface area contributed by atoms with Crippen molar-refractivity contribution in [3.8, 4) is 0 Å². The minimum absolute atomic E-state index is 0.187. The molecule has 0 radical (unpaired) electrons. The quantitative estimate of drug-likeness (QED) is 0.728. The highest BCUT2D eigenvalue weighted by Gasteiger charge is 2.20. The third-order valence-electron chi connectivity index (χ3n) is 2.93. The predicted octanol–water partition coefficient (Wildman–Crippen LogP) is -0.469. The lowest BCUT2D eigenvalue weighted by molar-refractivity contribution is 0.402. The van der Waals surface area contributed by atoms with Crippen LogP contribution in [0.15, 0.2) is 10.9 Å². The van der Waals surface area contributed by atoms with Crippen molar-refractivity contribution < 1.29 is 12.9 Å². The van der Waals surface area contributed by atoms with Gasteiger partial charge in [-0.1, -0.05) is 5.16 Å². The maximum atomic E-state index is 11.8. The van der Waals surface area contributed by atoms with Gasteiger partial charge in [-0.15, -0.1) is 0 Å². The first-order valence-electron chi connectivity index (χ1n) is 6.09. The molecule has 102 valence electrons. The van der Waals surface area contributed by atoms with Gasteiger partial charge in [-0.05, 0) is 31.8 Å². The molecule has 7 nitrogen and oxygen atoms in total. The van der Waals surface area contributed by atoms with Gasteiger partial charge in [-0.25, -0.2) is 13.1 Å². The Hall–Kier alpha value is -0.990. The summed E-state index contributed by atoms with van der Waals surface area (Å²) >= 11 is 0. The van der Waals surface area contributed by atoms with Gasteiger partial charge < -0.3 is 9.84 Å². The Kier molecular flexibility index (Phi) is 4.67. The lowest BCUT2D eigenvalue weighted by Crippen LogP contribution is -2.38. The monoisotopic (exact) mass is 274 g/mol. The van der Waals surface area contributed by atoms with E-state index in [2.05, 4.69) is 24.7 Å². The van der Waals surface area contributed by atoms with Gasteiger partial charge in [0.1, 0.15) is 0 Å². The van der Waals surface area contributed by atoms with E-state index >= 15 is 0 Å². The fraction of sp³-hybridized carbons (Fsp3) is 0.800. The van der Waals surface area contributed by atoms with Crippen molar-refractivity contribution in [2.24, 2.45) is 5.92 Å². The Morgan fingerprint density at radius 2 is 2.44 bits per heavy atom. The van der Waals surface area contributed by atoms with Gasteiger partial charge in [0.05, 0.1) is 5.75 Å². The Morgan fingerprint density at radius 3 is 3.11 bits per heavy atom. The zero-order valence-corrected chi connectivity index (χ0v) is 10.9. The van der Waals surface area contributed by atoms with Gasteiger partial charge in [0.2, 0.25) is 16.4 Å². The van der Waals surface area contributed by atoms with Crippen molar-refractivity contribution in [2.45, 2.75) is 19.3 Å². The Morgan fingerprint density at radius 1 is 1.56 bits per heavy atom. The van der Waals surface area contributed by atoms with E-state index in [0.717, 1.165) is 25.9 Å². The molecule has 1 aliphatic rings. The molecule has 0 aromatic carbocycles. The molecular formula is C10H18N4O3S. The summed E-state index contributed by atoms with van der Waals surface area (Å²) in [5, 5.41) is 6.83. The second-order valence-electron chi connectivity index (χ2n) is 4.49. The van der Waals surface area contributed by atoms with Crippen molar-refractivity contribution in [3.05, 3.63) is 12.2 Å². The summed E-state index contributed by atoms with van der Waals surface area (Å²) in [6.45, 7) is 2.08. The molecule has 0 aliphatic carbocycles. The number of rotatable bonds is 6. The molecule has 1 fully saturated rings. The number of hydrogen-bond donors (Lipinski definition) is 2. The summed E-state index contributed by atoms with van der Waals surface area (Å²) in [7, 11) is -3.21. The van der Waals surface area contributed by atoms with Crippen LogP contribution in [0.2, 0.25) is 0 Å². The second kappa shape index (κ2) is 6.26. The molecule has 1 aliphatic heterocycles. The number of nitrogens with zero attached hydrogens (tertiary/aromatic N) is 2. The van der Waals surface area contributed by atoms with E-state index in [0.29, 0.717) is 18.8 Å². The smallest absolute Gasteiger partial charge is 0.213 e. The minimum Gasteiger partial charge on any atom is -0.343 e. The predicted molar refractivity (Wildman–Crippen MR) is 65.4 cm³/mol. The SMILES string of the molecule is O=S(=O)(CC1CCCNC1)NCCc1ncon1. The zero-order chi connectivity index (χ0) is 12.8. The largest absolute Gasteiger partial charge is 0.343 e. The normalized spacial score (nSPS) is 21.0. The summed E-state index contributed by atoms with van der Waals surface area (Å²) in [5.74, 6) is 0.908. The molecule has 0 bridgehead atoms. The van der Waals surface area contributed by atoms with Crippen LogP contribution in [0.5, 0.6) is 0 Å². The van der Waals surface area contributed by atoms with Crippen LogP contribution in [0.25, 0.3) is 0 Å². The van der Waals surface area contributed by atoms with Gasteiger partial charge >= 0.3 is 0 Å². The molecule has 18 heavy (non-hydrogen) atoms. The van der Waals surface area contributed by atoms with Gasteiger partial charge in [-0.3, -0.25) is 0 Å². The Bertz CT molecular complexity index is 440. The second-order valence-corrected chi connectivity index (χ2v) is 6.34. The van der Waals surface area contributed by atoms with Crippen LogP contribution in [0.4, 0.5) is 0 Å². The Labute approximate surface area is 106 Å². The molecule has 1 atom stereocenters. The van der Waals surface area contributed by atoms with Gasteiger partial charge in [0.25, 0.3) is 0 Å². The standard InChI is InChI=1S/C10H18N4O3S/c15-18(16,7-9-2-1-4-11-6-9)13-5-3-10-12-8-17-14-10/h8-9,11,13H,1-7H2. The molecule has 0 saturated carbocycles. The van der Waals surface area contributed by atoms with Crippen molar-refractivity contribution in [1.29, 1.82) is 0 Å². The topological polar surface area (TPSA) is 97.1 Å². The van der Waals surface area contributed by atoms with Crippen molar-refractivity contribution in [1.82, 2.24) is 20.2 Å². The molecular weight excluding hydrogens is 256 g/mol. The van der Waals surface area contributed by atoms with Crippen LogP contribution in [-0.4, -0.2) is 43.9 Å². The zero-order valence-electron chi connectivity index (χ0n) is 10.1. The van der Waals surface area contributed by atoms with Crippen LogP contribution < -0.4 is 10.0 Å². The van der Waals surface area contributed by atoms with E-state index < -0.39 is 10.0 Å². The van der Waals surface area contributed by atoms with Crippen LogP contribution in [0, 0.1) is 5.92 Å². The first kappa shape index (κ1) is 13.4. The molecule has 8 heteroatoms. The fourth-order valence-electron chi connectivity index (χ4n) is 2.06. The number of hydrogen-bond acceptors (Lipinski definition) is 6. The van der Waals surface area contributed by atoms with E-state index in [4.69, 9.17) is 0 Å². The van der Waals surface area contributed by atoms with E-state index in [-0.39, 0.29) is 11.7 Å². The van der Waals surface area contributed by atoms with E-state index in [9.17, 15) is 8.42 Å². The minimum atomic E-state index is -3.21. The molecule has 2 rings (SSSR count). The number of aromatic nitrogens is 2. The number of piperidine rings is 1. The molecule has 0 spiro atoms. The highest BCUT2D eigenvalue weighted by atomic mass is 32.2. The highest BCUT2D eigenvalue weighted by Crippen LogP contribution is 2.11. The molecule has 1 aromatic heterocycles. The van der Waals surface area contributed by atoms with E-state index in [1.54, 1.807) is 0 Å². The summed E-state index contributed by atoms with van der Waals surface area (Å²) in [6, 6.07) is 0. The van der Waals surface area contributed by atoms with Crippen LogP contribution in [0.1, 0.15) is 18.7 Å². The molecule has 2 N–H and O–H groups in total. The number of sulfonamides is 1. The third kappa shape index (κ3) is 4.35. The molecule has 1 saturated heterocycles. The maximum Gasteiger partial charge on any atom is 0.213 e. The molecule has 0 amide bonds. The summed E-state index contributed by atoms with van der Waals surface area (Å²) < 4.78 is 30.8. The highest BCUT2D eigenvalue weighted by molar-refractivity contribution is 7.89. The van der Waals surface area contributed by atoms with Gasteiger partial charge in [0, 0.05) is 13.0 Å². The maximum absolute atomic E-state index is 11.8. The van der Waals surface area contributed by atoms with Gasteiger partial charge in [0.15, 0.2) is 5.82 Å². The van der Waals surface area contributed by atoms with E-state index in [1.165, 1.54) is 6.39 Å². The fourth-order valence-corrected chi connectivity index (χ4v) is 3.49. The third-order valence-corrected chi connectivity index (χ3v) is 4.49.